The lowest BCUT2D eigenvalue weighted by Crippen LogP contribution is -2.37. The summed E-state index contributed by atoms with van der Waals surface area (Å²) in [5.41, 5.74) is 1.02. The number of thioether (sulfide) groups is 1. The second-order valence-electron chi connectivity index (χ2n) is 4.08. The van der Waals surface area contributed by atoms with Crippen molar-refractivity contribution < 1.29 is 8.42 Å². The maximum atomic E-state index is 12.3. The molecule has 1 unspecified atom stereocenters. The molecule has 2 rings (SSSR count). The molecule has 0 amide bonds. The van der Waals surface area contributed by atoms with Crippen molar-refractivity contribution in [2.45, 2.75) is 24.8 Å². The third kappa shape index (κ3) is 2.19. The van der Waals surface area contributed by atoms with Crippen molar-refractivity contribution in [2.75, 3.05) is 5.75 Å². The Morgan fingerprint density at radius 1 is 1.35 bits per heavy atom. The van der Waals surface area contributed by atoms with Crippen molar-refractivity contribution >= 4 is 27.0 Å². The van der Waals surface area contributed by atoms with E-state index in [0.29, 0.717) is 5.75 Å². The fourth-order valence-electron chi connectivity index (χ4n) is 1.70. The molecule has 1 aromatic rings. The van der Waals surface area contributed by atoms with Crippen LogP contribution in [0.2, 0.25) is 0 Å². The van der Waals surface area contributed by atoms with E-state index in [1.165, 1.54) is 16.1 Å². The summed E-state index contributed by atoms with van der Waals surface area (Å²) in [6, 6.07) is 6.56. The fourth-order valence-corrected chi connectivity index (χ4v) is 4.58. The van der Waals surface area contributed by atoms with Crippen LogP contribution in [0.1, 0.15) is 12.5 Å². The van der Waals surface area contributed by atoms with Crippen LogP contribution in [-0.2, 0) is 10.0 Å². The minimum atomic E-state index is -3.57. The molecular formula is C11H14N2O2S2. The molecule has 0 spiro atoms. The first-order chi connectivity index (χ1) is 7.93. The summed E-state index contributed by atoms with van der Waals surface area (Å²) in [5, 5.41) is 7.80. The molecule has 1 fully saturated rings. The standard InChI is InChI=1S/C11H14N2O2S2/c1-8-3-5-10(6-4-8)17(14,15)13-9(2)7-16-11(13)12/h3-6,9,12H,7H2,1-2H3. The number of amidine groups is 1. The molecule has 1 saturated heterocycles. The van der Waals surface area contributed by atoms with E-state index in [4.69, 9.17) is 5.41 Å². The Morgan fingerprint density at radius 3 is 2.41 bits per heavy atom. The molecule has 17 heavy (non-hydrogen) atoms. The summed E-state index contributed by atoms with van der Waals surface area (Å²) < 4.78 is 25.9. The molecule has 0 radical (unpaired) electrons. The van der Waals surface area contributed by atoms with Crippen molar-refractivity contribution in [3.63, 3.8) is 0 Å². The van der Waals surface area contributed by atoms with E-state index >= 15 is 0 Å². The summed E-state index contributed by atoms with van der Waals surface area (Å²) in [5.74, 6) is 0.643. The van der Waals surface area contributed by atoms with Crippen molar-refractivity contribution in [3.8, 4) is 0 Å². The van der Waals surface area contributed by atoms with E-state index < -0.39 is 10.0 Å². The maximum absolute atomic E-state index is 12.3. The molecular weight excluding hydrogens is 256 g/mol. The van der Waals surface area contributed by atoms with Crippen LogP contribution in [0.5, 0.6) is 0 Å². The molecule has 6 heteroatoms. The van der Waals surface area contributed by atoms with Gasteiger partial charge in [0, 0.05) is 5.75 Å². The molecule has 1 heterocycles. The van der Waals surface area contributed by atoms with E-state index in [2.05, 4.69) is 0 Å². The van der Waals surface area contributed by atoms with Gasteiger partial charge in [0.05, 0.1) is 10.9 Å². The van der Waals surface area contributed by atoms with Crippen molar-refractivity contribution in [3.05, 3.63) is 29.8 Å². The quantitative estimate of drug-likeness (QED) is 0.894. The maximum Gasteiger partial charge on any atom is 0.266 e. The predicted molar refractivity (Wildman–Crippen MR) is 69.9 cm³/mol. The van der Waals surface area contributed by atoms with Crippen LogP contribution >= 0.6 is 11.8 Å². The van der Waals surface area contributed by atoms with Gasteiger partial charge in [-0.1, -0.05) is 29.5 Å². The highest BCUT2D eigenvalue weighted by Crippen LogP contribution is 2.29. The third-order valence-electron chi connectivity index (χ3n) is 2.64. The minimum absolute atomic E-state index is 0.109. The van der Waals surface area contributed by atoms with Gasteiger partial charge in [0.2, 0.25) is 0 Å². The van der Waals surface area contributed by atoms with Crippen LogP contribution in [0, 0.1) is 12.3 Å². The second-order valence-corrected chi connectivity index (χ2v) is 6.90. The first-order valence-corrected chi connectivity index (χ1v) is 7.68. The van der Waals surface area contributed by atoms with Gasteiger partial charge in [0.1, 0.15) is 0 Å². The van der Waals surface area contributed by atoms with Crippen LogP contribution in [0.3, 0.4) is 0 Å². The highest BCUT2D eigenvalue weighted by Gasteiger charge is 2.36. The number of benzene rings is 1. The lowest BCUT2D eigenvalue weighted by molar-refractivity contribution is 0.486. The Labute approximate surface area is 106 Å². The van der Waals surface area contributed by atoms with Gasteiger partial charge in [-0.3, -0.25) is 5.41 Å². The number of aryl methyl sites for hydroxylation is 1. The third-order valence-corrected chi connectivity index (χ3v) is 5.80. The Balaban J connectivity index is 2.43. The van der Waals surface area contributed by atoms with Gasteiger partial charge in [-0.25, -0.2) is 12.7 Å². The van der Waals surface area contributed by atoms with Crippen LogP contribution in [-0.4, -0.2) is 29.7 Å². The fraction of sp³-hybridized carbons (Fsp3) is 0.364. The predicted octanol–water partition coefficient (Wildman–Crippen LogP) is 2.06. The molecule has 1 aliphatic heterocycles. The molecule has 1 aliphatic rings. The number of hydrogen-bond acceptors (Lipinski definition) is 4. The van der Waals surface area contributed by atoms with E-state index in [1.807, 2.05) is 13.8 Å². The average molecular weight is 270 g/mol. The Bertz CT molecular complexity index is 537. The average Bonchev–Trinajstić information content (AvgIpc) is 2.59. The summed E-state index contributed by atoms with van der Waals surface area (Å²) in [6.07, 6.45) is 0. The molecule has 92 valence electrons. The Kier molecular flexibility index (Phi) is 3.18. The zero-order chi connectivity index (χ0) is 12.6. The molecule has 4 nitrogen and oxygen atoms in total. The van der Waals surface area contributed by atoms with Gasteiger partial charge in [0.15, 0.2) is 5.17 Å². The largest absolute Gasteiger partial charge is 0.278 e. The SMILES string of the molecule is Cc1ccc(S(=O)(=O)N2C(=N)SCC2C)cc1. The van der Waals surface area contributed by atoms with Crippen LogP contribution in [0.4, 0.5) is 0 Å². The minimum Gasteiger partial charge on any atom is -0.278 e. The van der Waals surface area contributed by atoms with Crippen molar-refractivity contribution in [2.24, 2.45) is 0 Å². The zero-order valence-corrected chi connectivity index (χ0v) is 11.3. The molecule has 1 atom stereocenters. The van der Waals surface area contributed by atoms with Crippen LogP contribution in [0.15, 0.2) is 29.2 Å². The first kappa shape index (κ1) is 12.4. The smallest absolute Gasteiger partial charge is 0.266 e. The first-order valence-electron chi connectivity index (χ1n) is 5.25. The summed E-state index contributed by atoms with van der Waals surface area (Å²) >= 11 is 1.27. The van der Waals surface area contributed by atoms with Crippen LogP contribution < -0.4 is 0 Å². The summed E-state index contributed by atoms with van der Waals surface area (Å²) in [4.78, 5) is 0.252. The van der Waals surface area contributed by atoms with Crippen molar-refractivity contribution in [1.29, 1.82) is 5.41 Å². The normalized spacial score (nSPS) is 20.9. The second kappa shape index (κ2) is 4.34. The van der Waals surface area contributed by atoms with Gasteiger partial charge in [-0.2, -0.15) is 0 Å². The van der Waals surface area contributed by atoms with E-state index in [9.17, 15) is 8.42 Å². The number of nitrogens with one attached hydrogen (secondary N) is 1. The van der Waals surface area contributed by atoms with Gasteiger partial charge in [0.25, 0.3) is 10.0 Å². The van der Waals surface area contributed by atoms with Gasteiger partial charge >= 0.3 is 0 Å². The lowest BCUT2D eigenvalue weighted by Gasteiger charge is -2.22. The number of nitrogens with zero attached hydrogens (tertiary/aromatic N) is 1. The van der Waals surface area contributed by atoms with Gasteiger partial charge in [-0.05, 0) is 26.0 Å². The van der Waals surface area contributed by atoms with E-state index in [-0.39, 0.29) is 16.1 Å². The Hall–Kier alpha value is -1.01. The lowest BCUT2D eigenvalue weighted by atomic mass is 10.2. The number of hydrogen-bond donors (Lipinski definition) is 1. The molecule has 1 N–H and O–H groups in total. The number of rotatable bonds is 2. The van der Waals surface area contributed by atoms with Crippen molar-refractivity contribution in [1.82, 2.24) is 4.31 Å². The van der Waals surface area contributed by atoms with E-state index in [0.717, 1.165) is 5.56 Å². The summed E-state index contributed by atoms with van der Waals surface area (Å²) in [7, 11) is -3.57. The molecule has 0 bridgehead atoms. The molecule has 1 aromatic carbocycles. The Morgan fingerprint density at radius 2 is 1.94 bits per heavy atom. The number of sulfonamides is 1. The zero-order valence-electron chi connectivity index (χ0n) is 9.67. The molecule has 0 saturated carbocycles. The highest BCUT2D eigenvalue weighted by molar-refractivity contribution is 8.15. The summed E-state index contributed by atoms with van der Waals surface area (Å²) in [6.45, 7) is 3.73. The highest BCUT2D eigenvalue weighted by atomic mass is 32.2. The molecule has 0 aromatic heterocycles. The van der Waals surface area contributed by atoms with Crippen LogP contribution in [0.25, 0.3) is 0 Å². The van der Waals surface area contributed by atoms with Gasteiger partial charge in [-0.15, -0.1) is 0 Å². The monoisotopic (exact) mass is 270 g/mol. The van der Waals surface area contributed by atoms with Gasteiger partial charge < -0.3 is 0 Å². The topological polar surface area (TPSA) is 61.2 Å². The molecule has 0 aliphatic carbocycles. The van der Waals surface area contributed by atoms with E-state index in [1.54, 1.807) is 24.3 Å².